The Labute approximate surface area is 119 Å². The lowest BCUT2D eigenvalue weighted by Crippen LogP contribution is -2.14. The number of hydrogen-bond acceptors (Lipinski definition) is 1. The van der Waals surface area contributed by atoms with Crippen LogP contribution in [0.3, 0.4) is 0 Å². The van der Waals surface area contributed by atoms with Crippen LogP contribution in [0, 0.1) is 5.92 Å². The summed E-state index contributed by atoms with van der Waals surface area (Å²) < 4.78 is 0. The average Bonchev–Trinajstić information content (AvgIpc) is 2.28. The van der Waals surface area contributed by atoms with Crippen LogP contribution in [-0.4, -0.2) is 5.11 Å². The highest BCUT2D eigenvalue weighted by atomic mass is 16.3. The minimum absolute atomic E-state index is 0.0146. The molecule has 1 unspecified atom stereocenters. The fourth-order valence-electron chi connectivity index (χ4n) is 2.48. The van der Waals surface area contributed by atoms with Crippen LogP contribution in [0.4, 0.5) is 0 Å². The van der Waals surface area contributed by atoms with Gasteiger partial charge in [0, 0.05) is 0 Å². The summed E-state index contributed by atoms with van der Waals surface area (Å²) in [6.45, 7) is 15.4. The van der Waals surface area contributed by atoms with Gasteiger partial charge in [0.1, 0.15) is 5.75 Å². The molecule has 0 spiro atoms. The summed E-state index contributed by atoms with van der Waals surface area (Å²) in [7, 11) is 0. The van der Waals surface area contributed by atoms with Crippen LogP contribution in [0.1, 0.15) is 77.5 Å². The van der Waals surface area contributed by atoms with E-state index in [0.717, 1.165) is 24.0 Å². The summed E-state index contributed by atoms with van der Waals surface area (Å²) in [4.78, 5) is 0. The van der Waals surface area contributed by atoms with Gasteiger partial charge in [-0.15, -0.1) is 0 Å². The molecule has 0 amide bonds. The van der Waals surface area contributed by atoms with Crippen molar-refractivity contribution in [1.29, 1.82) is 0 Å². The normalized spacial score (nSPS) is 13.9. The number of hydrogen-bond donors (Lipinski definition) is 1. The zero-order valence-corrected chi connectivity index (χ0v) is 13.7. The highest BCUT2D eigenvalue weighted by molar-refractivity contribution is 5.48. The minimum Gasteiger partial charge on any atom is -0.507 e. The fraction of sp³-hybridized carbons (Fsp3) is 0.667. The molecule has 0 aliphatic carbocycles. The minimum atomic E-state index is -0.0146. The Morgan fingerprint density at radius 3 is 2.11 bits per heavy atom. The van der Waals surface area contributed by atoms with Crippen molar-refractivity contribution in [1.82, 2.24) is 0 Å². The SMILES string of the molecule is CCC(C)c1cc(CC(C)C)cc(C(C)(C)C)c1O. The molecule has 1 rings (SSSR count). The van der Waals surface area contributed by atoms with Gasteiger partial charge < -0.3 is 5.11 Å². The molecule has 0 fully saturated rings. The summed E-state index contributed by atoms with van der Waals surface area (Å²) in [5.74, 6) is 1.56. The molecule has 0 aliphatic rings. The monoisotopic (exact) mass is 262 g/mol. The smallest absolute Gasteiger partial charge is 0.122 e. The number of aromatic hydroxyl groups is 1. The van der Waals surface area contributed by atoms with Crippen molar-refractivity contribution in [2.45, 2.75) is 72.6 Å². The zero-order valence-electron chi connectivity index (χ0n) is 13.7. The van der Waals surface area contributed by atoms with E-state index >= 15 is 0 Å². The molecule has 0 aliphatic heterocycles. The topological polar surface area (TPSA) is 20.2 Å². The van der Waals surface area contributed by atoms with E-state index < -0.39 is 0 Å². The maximum Gasteiger partial charge on any atom is 0.122 e. The summed E-state index contributed by atoms with van der Waals surface area (Å²) >= 11 is 0. The fourth-order valence-corrected chi connectivity index (χ4v) is 2.48. The molecule has 1 atom stereocenters. The number of phenolic OH excluding ortho intramolecular Hbond substituents is 1. The highest BCUT2D eigenvalue weighted by Crippen LogP contribution is 2.38. The lowest BCUT2D eigenvalue weighted by atomic mass is 9.81. The summed E-state index contributed by atoms with van der Waals surface area (Å²) in [5.41, 5.74) is 3.54. The van der Waals surface area contributed by atoms with E-state index in [2.05, 4.69) is 60.6 Å². The van der Waals surface area contributed by atoms with Crippen molar-refractivity contribution in [3.63, 3.8) is 0 Å². The lowest BCUT2D eigenvalue weighted by molar-refractivity contribution is 0.434. The van der Waals surface area contributed by atoms with E-state index in [1.54, 1.807) is 0 Å². The number of rotatable bonds is 4. The van der Waals surface area contributed by atoms with E-state index in [0.29, 0.717) is 17.6 Å². The molecule has 1 heteroatoms. The van der Waals surface area contributed by atoms with Gasteiger partial charge in [-0.2, -0.15) is 0 Å². The van der Waals surface area contributed by atoms with E-state index in [9.17, 15) is 5.11 Å². The van der Waals surface area contributed by atoms with E-state index in [1.165, 1.54) is 5.56 Å². The van der Waals surface area contributed by atoms with Crippen molar-refractivity contribution in [2.75, 3.05) is 0 Å². The first-order valence-electron chi connectivity index (χ1n) is 7.53. The molecule has 1 aromatic rings. The van der Waals surface area contributed by atoms with Crippen LogP contribution in [-0.2, 0) is 11.8 Å². The maximum atomic E-state index is 10.6. The standard InChI is InChI=1S/C18H30O/c1-8-13(4)15-10-14(9-12(2)3)11-16(17(15)19)18(5,6)7/h10-13,19H,8-9H2,1-7H3. The van der Waals surface area contributed by atoms with Gasteiger partial charge in [0.2, 0.25) is 0 Å². The second-order valence-electron chi connectivity index (χ2n) is 7.24. The van der Waals surface area contributed by atoms with Gasteiger partial charge in [0.25, 0.3) is 0 Å². The first-order chi connectivity index (χ1) is 8.66. The van der Waals surface area contributed by atoms with Crippen LogP contribution < -0.4 is 0 Å². The Morgan fingerprint density at radius 2 is 1.68 bits per heavy atom. The molecule has 1 nitrogen and oxygen atoms in total. The van der Waals surface area contributed by atoms with Gasteiger partial charge in [-0.05, 0) is 46.8 Å². The second kappa shape index (κ2) is 5.98. The Hall–Kier alpha value is -0.980. The van der Waals surface area contributed by atoms with Crippen LogP contribution >= 0.6 is 0 Å². The molecule has 1 aromatic carbocycles. The summed E-state index contributed by atoms with van der Waals surface area (Å²) in [5, 5.41) is 10.6. The molecule has 1 N–H and O–H groups in total. The second-order valence-corrected chi connectivity index (χ2v) is 7.24. The third-order valence-corrected chi connectivity index (χ3v) is 3.79. The molecular formula is C18H30O. The largest absolute Gasteiger partial charge is 0.507 e. The van der Waals surface area contributed by atoms with Crippen LogP contribution in [0.25, 0.3) is 0 Å². The molecule has 0 saturated carbocycles. The van der Waals surface area contributed by atoms with Crippen LogP contribution in [0.15, 0.2) is 12.1 Å². The van der Waals surface area contributed by atoms with Crippen LogP contribution in [0.5, 0.6) is 5.75 Å². The summed E-state index contributed by atoms with van der Waals surface area (Å²) in [6, 6.07) is 4.40. The first-order valence-corrected chi connectivity index (χ1v) is 7.53. The molecule has 19 heavy (non-hydrogen) atoms. The Balaban J connectivity index is 3.38. The van der Waals surface area contributed by atoms with Gasteiger partial charge in [0.15, 0.2) is 0 Å². The molecule has 0 heterocycles. The van der Waals surface area contributed by atoms with Crippen molar-refractivity contribution in [3.8, 4) is 5.75 Å². The predicted octanol–water partition coefficient (Wildman–Crippen LogP) is 5.40. The van der Waals surface area contributed by atoms with E-state index in [4.69, 9.17) is 0 Å². The first kappa shape index (κ1) is 16.1. The van der Waals surface area contributed by atoms with Gasteiger partial charge in [-0.25, -0.2) is 0 Å². The molecule has 0 saturated heterocycles. The van der Waals surface area contributed by atoms with Crippen molar-refractivity contribution in [2.24, 2.45) is 5.92 Å². The quantitative estimate of drug-likeness (QED) is 0.770. The Morgan fingerprint density at radius 1 is 1.11 bits per heavy atom. The van der Waals surface area contributed by atoms with Crippen molar-refractivity contribution in [3.05, 3.63) is 28.8 Å². The predicted molar refractivity (Wildman–Crippen MR) is 84.1 cm³/mol. The number of benzene rings is 1. The summed E-state index contributed by atoms with van der Waals surface area (Å²) in [6.07, 6.45) is 2.13. The van der Waals surface area contributed by atoms with E-state index in [-0.39, 0.29) is 5.41 Å². The van der Waals surface area contributed by atoms with E-state index in [1.807, 2.05) is 0 Å². The molecule has 0 aromatic heterocycles. The average molecular weight is 262 g/mol. The molecule has 0 bridgehead atoms. The maximum absolute atomic E-state index is 10.6. The van der Waals surface area contributed by atoms with Crippen molar-refractivity contribution >= 4 is 0 Å². The lowest BCUT2D eigenvalue weighted by Gasteiger charge is -2.25. The third-order valence-electron chi connectivity index (χ3n) is 3.79. The molecule has 0 radical (unpaired) electrons. The highest BCUT2D eigenvalue weighted by Gasteiger charge is 2.23. The van der Waals surface area contributed by atoms with Gasteiger partial charge >= 0.3 is 0 Å². The van der Waals surface area contributed by atoms with Gasteiger partial charge in [-0.1, -0.05) is 60.6 Å². The van der Waals surface area contributed by atoms with Gasteiger partial charge in [0.05, 0.1) is 0 Å². The van der Waals surface area contributed by atoms with Crippen molar-refractivity contribution < 1.29 is 5.11 Å². The molecular weight excluding hydrogens is 232 g/mol. The zero-order chi connectivity index (χ0) is 14.8. The van der Waals surface area contributed by atoms with Crippen LogP contribution in [0.2, 0.25) is 0 Å². The number of phenols is 1. The Bertz CT molecular complexity index is 424. The third kappa shape index (κ3) is 3.99. The molecule has 108 valence electrons. The van der Waals surface area contributed by atoms with Gasteiger partial charge in [-0.3, -0.25) is 0 Å². The Kier molecular flexibility index (Phi) is 5.06.